The summed E-state index contributed by atoms with van der Waals surface area (Å²) in [6, 6.07) is 0. The van der Waals surface area contributed by atoms with Gasteiger partial charge in [-0.15, -0.1) is 11.3 Å². The lowest BCUT2D eigenvalue weighted by Gasteiger charge is -2.39. The lowest BCUT2D eigenvalue weighted by atomic mass is 9.97. The molecule has 0 spiro atoms. The summed E-state index contributed by atoms with van der Waals surface area (Å²) in [6.45, 7) is 5.28. The van der Waals surface area contributed by atoms with Gasteiger partial charge in [0.05, 0.1) is 17.5 Å². The van der Waals surface area contributed by atoms with Crippen LogP contribution in [0.5, 0.6) is 0 Å². The zero-order valence-electron chi connectivity index (χ0n) is 11.8. The summed E-state index contributed by atoms with van der Waals surface area (Å²) in [5, 5.41) is 3.17. The van der Waals surface area contributed by atoms with Gasteiger partial charge in [0.2, 0.25) is 5.91 Å². The van der Waals surface area contributed by atoms with Crippen LogP contribution in [-0.4, -0.2) is 67.1 Å². The third-order valence-corrected chi connectivity index (χ3v) is 5.17. The van der Waals surface area contributed by atoms with Crippen molar-refractivity contribution in [3.63, 3.8) is 0 Å². The number of rotatable bonds is 5. The van der Waals surface area contributed by atoms with E-state index in [1.807, 2.05) is 16.5 Å². The molecule has 0 aromatic carbocycles. The topological polar surface area (TPSA) is 45.7 Å². The zero-order valence-corrected chi connectivity index (χ0v) is 12.6. The molecule has 5 nitrogen and oxygen atoms in total. The van der Waals surface area contributed by atoms with Crippen LogP contribution in [0.15, 0.2) is 11.6 Å². The Bertz CT molecular complexity index is 445. The number of likely N-dealkylation sites (tertiary alicyclic amines) is 2. The highest BCUT2D eigenvalue weighted by Crippen LogP contribution is 2.30. The highest BCUT2D eigenvalue weighted by Gasteiger charge is 2.38. The smallest absolute Gasteiger partial charge is 0.227 e. The molecule has 2 aliphatic heterocycles. The van der Waals surface area contributed by atoms with Crippen molar-refractivity contribution < 1.29 is 9.53 Å². The molecule has 3 rings (SSSR count). The monoisotopic (exact) mass is 295 g/mol. The van der Waals surface area contributed by atoms with Crippen LogP contribution < -0.4 is 0 Å². The number of methoxy groups -OCH3 is 1. The van der Waals surface area contributed by atoms with E-state index in [1.165, 1.54) is 5.01 Å². The van der Waals surface area contributed by atoms with Crippen LogP contribution in [0.2, 0.25) is 0 Å². The zero-order chi connectivity index (χ0) is 13.9. The molecular weight excluding hydrogens is 274 g/mol. The molecule has 0 N–H and O–H groups in total. The number of hydrogen-bond acceptors (Lipinski definition) is 5. The van der Waals surface area contributed by atoms with Crippen molar-refractivity contribution >= 4 is 17.2 Å². The molecule has 2 fully saturated rings. The van der Waals surface area contributed by atoms with Crippen molar-refractivity contribution in [3.8, 4) is 0 Å². The predicted molar refractivity (Wildman–Crippen MR) is 77.9 cm³/mol. The van der Waals surface area contributed by atoms with E-state index < -0.39 is 0 Å². The molecular formula is C14H21N3O2S. The largest absolute Gasteiger partial charge is 0.383 e. The molecule has 0 radical (unpaired) electrons. The van der Waals surface area contributed by atoms with Crippen LogP contribution in [0.1, 0.15) is 17.3 Å². The van der Waals surface area contributed by atoms with E-state index in [0.717, 1.165) is 45.8 Å². The van der Waals surface area contributed by atoms with Gasteiger partial charge in [-0.3, -0.25) is 4.79 Å². The first-order chi connectivity index (χ1) is 9.78. The van der Waals surface area contributed by atoms with Gasteiger partial charge in [0.1, 0.15) is 0 Å². The second-order valence-electron chi connectivity index (χ2n) is 5.59. The van der Waals surface area contributed by atoms with Gasteiger partial charge >= 0.3 is 0 Å². The van der Waals surface area contributed by atoms with Crippen molar-refractivity contribution in [1.82, 2.24) is 14.8 Å². The second kappa shape index (κ2) is 6.20. The number of amides is 1. The van der Waals surface area contributed by atoms with E-state index in [0.29, 0.717) is 11.8 Å². The minimum atomic E-state index is 0.184. The van der Waals surface area contributed by atoms with Gasteiger partial charge < -0.3 is 14.5 Å². The number of thiazole rings is 1. The maximum absolute atomic E-state index is 12.4. The van der Waals surface area contributed by atoms with Crippen LogP contribution >= 0.6 is 11.3 Å². The van der Waals surface area contributed by atoms with E-state index in [1.54, 1.807) is 18.4 Å². The minimum Gasteiger partial charge on any atom is -0.383 e. The Morgan fingerprint density at radius 3 is 3.05 bits per heavy atom. The summed E-state index contributed by atoms with van der Waals surface area (Å²) in [5.41, 5.74) is 0. The summed E-state index contributed by atoms with van der Waals surface area (Å²) in [6.07, 6.45) is 2.83. The van der Waals surface area contributed by atoms with Gasteiger partial charge in [-0.25, -0.2) is 4.98 Å². The van der Waals surface area contributed by atoms with Crippen LogP contribution in [0.3, 0.4) is 0 Å². The van der Waals surface area contributed by atoms with Gasteiger partial charge in [-0.2, -0.15) is 0 Å². The first-order valence-corrected chi connectivity index (χ1v) is 8.05. The summed E-state index contributed by atoms with van der Waals surface area (Å²) in [5.74, 6) is 0.978. The number of aromatic nitrogens is 1. The van der Waals surface area contributed by atoms with E-state index in [-0.39, 0.29) is 5.92 Å². The Hall–Kier alpha value is -0.980. The van der Waals surface area contributed by atoms with Gasteiger partial charge in [0.25, 0.3) is 0 Å². The number of ether oxygens (including phenoxy) is 1. The molecule has 0 aliphatic carbocycles. The third kappa shape index (κ3) is 2.87. The van der Waals surface area contributed by atoms with Crippen molar-refractivity contribution in [3.05, 3.63) is 16.6 Å². The Kier molecular flexibility index (Phi) is 4.33. The quantitative estimate of drug-likeness (QED) is 0.814. The molecule has 3 heterocycles. The molecule has 1 aromatic heterocycles. The van der Waals surface area contributed by atoms with Gasteiger partial charge in [0.15, 0.2) is 0 Å². The third-order valence-electron chi connectivity index (χ3n) is 4.23. The fraction of sp³-hybridized carbons (Fsp3) is 0.714. The molecule has 6 heteroatoms. The summed E-state index contributed by atoms with van der Waals surface area (Å²) < 4.78 is 5.09. The maximum atomic E-state index is 12.4. The molecule has 2 saturated heterocycles. The normalized spacial score (nSPS) is 24.1. The van der Waals surface area contributed by atoms with Crippen LogP contribution in [0, 0.1) is 5.92 Å². The summed E-state index contributed by atoms with van der Waals surface area (Å²) in [4.78, 5) is 21.1. The number of carbonyl (C=O) groups is 1. The average Bonchev–Trinajstić information content (AvgIpc) is 3.05. The van der Waals surface area contributed by atoms with Crippen LogP contribution in [0.4, 0.5) is 0 Å². The van der Waals surface area contributed by atoms with Crippen molar-refractivity contribution in [2.45, 2.75) is 12.3 Å². The summed E-state index contributed by atoms with van der Waals surface area (Å²) in [7, 11) is 1.72. The van der Waals surface area contributed by atoms with E-state index in [9.17, 15) is 4.79 Å². The molecule has 2 aliphatic rings. The number of nitrogens with zero attached hydrogens (tertiary/aromatic N) is 3. The molecule has 1 amide bonds. The lowest BCUT2D eigenvalue weighted by Crippen LogP contribution is -2.51. The van der Waals surface area contributed by atoms with E-state index in [4.69, 9.17) is 4.74 Å². The molecule has 110 valence electrons. The molecule has 0 unspecified atom stereocenters. The Balaban J connectivity index is 1.45. The Morgan fingerprint density at radius 2 is 2.35 bits per heavy atom. The average molecular weight is 295 g/mol. The molecule has 20 heavy (non-hydrogen) atoms. The summed E-state index contributed by atoms with van der Waals surface area (Å²) >= 11 is 1.69. The van der Waals surface area contributed by atoms with Crippen molar-refractivity contribution in [2.75, 3.05) is 46.4 Å². The molecule has 0 saturated carbocycles. The van der Waals surface area contributed by atoms with E-state index >= 15 is 0 Å². The van der Waals surface area contributed by atoms with Gasteiger partial charge in [-0.05, 0) is 13.0 Å². The molecule has 1 atom stereocenters. The SMILES string of the molecule is COCCN1CC[C@@H](C(=O)N2CC(c3nccs3)C2)C1. The highest BCUT2D eigenvalue weighted by molar-refractivity contribution is 7.09. The van der Waals surface area contributed by atoms with Gasteiger partial charge in [-0.1, -0.05) is 0 Å². The second-order valence-corrected chi connectivity index (χ2v) is 6.52. The Labute approximate surface area is 123 Å². The predicted octanol–water partition coefficient (Wildman–Crippen LogP) is 1.04. The van der Waals surface area contributed by atoms with Crippen LogP contribution in [0.25, 0.3) is 0 Å². The van der Waals surface area contributed by atoms with Gasteiger partial charge in [0, 0.05) is 50.8 Å². The fourth-order valence-corrected chi connectivity index (χ4v) is 3.69. The maximum Gasteiger partial charge on any atom is 0.227 e. The Morgan fingerprint density at radius 1 is 1.50 bits per heavy atom. The standard InChI is InChI=1S/C14H21N3O2S/c1-19-6-5-16-4-2-11(8-16)14(18)17-9-12(10-17)13-15-3-7-20-13/h3,7,11-12H,2,4-6,8-10H2,1H3/t11-/m1/s1. The molecule has 1 aromatic rings. The minimum absolute atomic E-state index is 0.184. The first kappa shape index (κ1) is 14.0. The highest BCUT2D eigenvalue weighted by atomic mass is 32.1. The number of hydrogen-bond donors (Lipinski definition) is 0. The van der Waals surface area contributed by atoms with Crippen molar-refractivity contribution in [1.29, 1.82) is 0 Å². The number of carbonyl (C=O) groups excluding carboxylic acids is 1. The first-order valence-electron chi connectivity index (χ1n) is 7.17. The lowest BCUT2D eigenvalue weighted by molar-refractivity contribution is -0.139. The van der Waals surface area contributed by atoms with E-state index in [2.05, 4.69) is 9.88 Å². The van der Waals surface area contributed by atoms with Crippen molar-refractivity contribution in [2.24, 2.45) is 5.92 Å². The molecule has 0 bridgehead atoms. The van der Waals surface area contributed by atoms with Crippen LogP contribution in [-0.2, 0) is 9.53 Å². The fourth-order valence-electron chi connectivity index (χ4n) is 2.97.